The lowest BCUT2D eigenvalue weighted by atomic mass is 9.94. The number of benzene rings is 1. The van der Waals surface area contributed by atoms with Crippen LogP contribution in [0, 0.1) is 5.92 Å². The molecule has 2 rings (SSSR count). The van der Waals surface area contributed by atoms with Gasteiger partial charge in [0.05, 0.1) is 28.4 Å². The lowest BCUT2D eigenvalue weighted by molar-refractivity contribution is 0.324. The van der Waals surface area contributed by atoms with E-state index >= 15 is 0 Å². The van der Waals surface area contributed by atoms with Gasteiger partial charge in [0.15, 0.2) is 17.2 Å². The molecule has 0 aliphatic carbocycles. The van der Waals surface area contributed by atoms with E-state index in [1.165, 1.54) is 13.2 Å². The Morgan fingerprint density at radius 2 is 1.61 bits per heavy atom. The average Bonchev–Trinajstić information content (AvgIpc) is 3.08. The molecule has 2 aromatic carbocycles. The first kappa shape index (κ1) is 28.9. The van der Waals surface area contributed by atoms with Crippen LogP contribution in [0.25, 0.3) is 11.1 Å². The summed E-state index contributed by atoms with van der Waals surface area (Å²) in [6.45, 7) is 6.58. The number of hydrogen-bond donors (Lipinski definition) is 2. The standard InChI is InChI=1S/C29H42N2O5/c1-8-19(2)9-14-23(30)18-31-20(3)10-11-22-17-26(34-5)28(35-6)29(36-7)27(22)21-12-15-24(32)25(33-4)16-13-21/h12-13,15-20,31H,8-11,14,30H2,1-7H3/b23-18-/t19?,20-/m1/s1. The highest BCUT2D eigenvalue weighted by Crippen LogP contribution is 2.47. The minimum atomic E-state index is -0.194. The number of allylic oxidation sites excluding steroid dienone is 1. The van der Waals surface area contributed by atoms with Crippen LogP contribution in [0.5, 0.6) is 23.0 Å². The summed E-state index contributed by atoms with van der Waals surface area (Å²) < 4.78 is 22.3. The summed E-state index contributed by atoms with van der Waals surface area (Å²) in [6, 6.07) is 8.98. The van der Waals surface area contributed by atoms with E-state index in [-0.39, 0.29) is 17.2 Å². The Hall–Kier alpha value is -3.35. The van der Waals surface area contributed by atoms with E-state index in [2.05, 4.69) is 26.1 Å². The third-order valence-electron chi connectivity index (χ3n) is 6.51. The van der Waals surface area contributed by atoms with Crippen LogP contribution in [0.2, 0.25) is 0 Å². The van der Waals surface area contributed by atoms with Crippen molar-refractivity contribution in [1.29, 1.82) is 0 Å². The second-order valence-electron chi connectivity index (χ2n) is 9.11. The summed E-state index contributed by atoms with van der Waals surface area (Å²) in [5.41, 5.74) is 9.57. The lowest BCUT2D eigenvalue weighted by Crippen LogP contribution is -2.23. The second kappa shape index (κ2) is 14.3. The van der Waals surface area contributed by atoms with E-state index in [4.69, 9.17) is 24.7 Å². The van der Waals surface area contributed by atoms with Gasteiger partial charge in [0.2, 0.25) is 11.2 Å². The van der Waals surface area contributed by atoms with Crippen LogP contribution in [-0.2, 0) is 6.42 Å². The number of nitrogens with two attached hydrogens (primary N) is 1. The SMILES string of the molecule is CCC(C)CC/C(N)=C/N[C@H](C)CCc1cc(OC)c(OC)c(OC)c1-c1ccc(OC)c(=O)cc1. The Kier molecular flexibility index (Phi) is 11.4. The summed E-state index contributed by atoms with van der Waals surface area (Å²) in [4.78, 5) is 12.3. The lowest BCUT2D eigenvalue weighted by Gasteiger charge is -2.21. The van der Waals surface area contributed by atoms with Crippen LogP contribution in [0.3, 0.4) is 0 Å². The molecule has 1 unspecified atom stereocenters. The number of hydrogen-bond acceptors (Lipinski definition) is 7. The molecule has 0 amide bonds. The van der Waals surface area contributed by atoms with E-state index in [0.717, 1.165) is 54.5 Å². The smallest absolute Gasteiger partial charge is 0.220 e. The summed E-state index contributed by atoms with van der Waals surface area (Å²) >= 11 is 0. The van der Waals surface area contributed by atoms with Crippen molar-refractivity contribution < 1.29 is 18.9 Å². The van der Waals surface area contributed by atoms with Gasteiger partial charge in [0, 0.05) is 23.5 Å². The maximum Gasteiger partial charge on any atom is 0.220 e. The van der Waals surface area contributed by atoms with Crippen molar-refractivity contribution in [2.75, 3.05) is 28.4 Å². The van der Waals surface area contributed by atoms with Gasteiger partial charge in [-0.2, -0.15) is 0 Å². The Bertz CT molecular complexity index is 1080. The van der Waals surface area contributed by atoms with E-state index < -0.39 is 0 Å². The van der Waals surface area contributed by atoms with Gasteiger partial charge in [-0.3, -0.25) is 4.79 Å². The van der Waals surface area contributed by atoms with Gasteiger partial charge in [-0.25, -0.2) is 0 Å². The molecular weight excluding hydrogens is 456 g/mol. The molecule has 0 spiro atoms. The van der Waals surface area contributed by atoms with Crippen molar-refractivity contribution in [2.45, 2.75) is 58.9 Å². The molecule has 36 heavy (non-hydrogen) atoms. The Balaban J connectivity index is 2.38. The minimum Gasteiger partial charge on any atom is -0.493 e. The first-order valence-electron chi connectivity index (χ1n) is 12.5. The zero-order valence-corrected chi connectivity index (χ0v) is 22.8. The molecule has 3 N–H and O–H groups in total. The fourth-order valence-corrected chi connectivity index (χ4v) is 4.00. The maximum absolute atomic E-state index is 12.3. The van der Waals surface area contributed by atoms with Crippen LogP contribution < -0.4 is 35.4 Å². The van der Waals surface area contributed by atoms with Crippen LogP contribution in [0.15, 0.2) is 47.0 Å². The molecule has 0 bridgehead atoms. The first-order valence-corrected chi connectivity index (χ1v) is 12.5. The highest BCUT2D eigenvalue weighted by Gasteiger charge is 2.22. The normalized spacial score (nSPS) is 13.0. The highest BCUT2D eigenvalue weighted by atomic mass is 16.5. The Morgan fingerprint density at radius 3 is 2.22 bits per heavy atom. The van der Waals surface area contributed by atoms with Gasteiger partial charge in [0.1, 0.15) is 0 Å². The van der Waals surface area contributed by atoms with Gasteiger partial charge in [0.25, 0.3) is 0 Å². The minimum absolute atomic E-state index is 0.194. The maximum atomic E-state index is 12.3. The molecular formula is C29H42N2O5. The quantitative estimate of drug-likeness (QED) is 0.366. The van der Waals surface area contributed by atoms with Gasteiger partial charge in [-0.1, -0.05) is 32.4 Å². The Morgan fingerprint density at radius 1 is 0.944 bits per heavy atom. The average molecular weight is 499 g/mol. The van der Waals surface area contributed by atoms with E-state index in [1.807, 2.05) is 18.3 Å². The Labute approximate surface area is 215 Å². The van der Waals surface area contributed by atoms with Crippen LogP contribution in [-0.4, -0.2) is 34.5 Å². The molecule has 2 aromatic rings. The zero-order valence-electron chi connectivity index (χ0n) is 22.8. The summed E-state index contributed by atoms with van der Waals surface area (Å²) in [6.07, 6.45) is 6.66. The molecule has 0 saturated carbocycles. The molecule has 0 fully saturated rings. The highest BCUT2D eigenvalue weighted by molar-refractivity contribution is 5.79. The first-order chi connectivity index (χ1) is 17.3. The van der Waals surface area contributed by atoms with Crippen molar-refractivity contribution in [1.82, 2.24) is 5.32 Å². The summed E-state index contributed by atoms with van der Waals surface area (Å²) in [5, 5.41) is 3.43. The third-order valence-corrected chi connectivity index (χ3v) is 6.51. The molecule has 0 saturated heterocycles. The predicted molar refractivity (Wildman–Crippen MR) is 146 cm³/mol. The second-order valence-corrected chi connectivity index (χ2v) is 9.11. The van der Waals surface area contributed by atoms with Gasteiger partial charge >= 0.3 is 0 Å². The van der Waals surface area contributed by atoms with Crippen molar-refractivity contribution in [2.24, 2.45) is 11.7 Å². The molecule has 0 radical (unpaired) electrons. The number of aryl methyl sites for hydroxylation is 1. The topological polar surface area (TPSA) is 92.0 Å². The van der Waals surface area contributed by atoms with Crippen molar-refractivity contribution in [3.8, 4) is 34.1 Å². The molecule has 7 heteroatoms. The molecule has 0 aliphatic heterocycles. The van der Waals surface area contributed by atoms with Crippen LogP contribution in [0.4, 0.5) is 0 Å². The summed E-state index contributed by atoms with van der Waals surface area (Å²) in [7, 11) is 6.27. The molecule has 0 aromatic heterocycles. The molecule has 2 atom stereocenters. The van der Waals surface area contributed by atoms with Crippen LogP contribution >= 0.6 is 0 Å². The number of rotatable bonds is 14. The number of ether oxygens (including phenoxy) is 4. The van der Waals surface area contributed by atoms with E-state index in [0.29, 0.717) is 23.2 Å². The zero-order chi connectivity index (χ0) is 26.7. The van der Waals surface area contributed by atoms with E-state index in [1.54, 1.807) is 33.5 Å². The van der Waals surface area contributed by atoms with E-state index in [9.17, 15) is 4.79 Å². The summed E-state index contributed by atoms with van der Waals surface area (Å²) in [5.74, 6) is 2.59. The monoisotopic (exact) mass is 498 g/mol. The van der Waals surface area contributed by atoms with Crippen molar-refractivity contribution in [3.63, 3.8) is 0 Å². The number of methoxy groups -OCH3 is 4. The van der Waals surface area contributed by atoms with Crippen molar-refractivity contribution >= 4 is 0 Å². The number of nitrogens with one attached hydrogen (secondary N) is 1. The van der Waals surface area contributed by atoms with Gasteiger partial charge in [-0.15, -0.1) is 0 Å². The van der Waals surface area contributed by atoms with Crippen molar-refractivity contribution in [3.05, 3.63) is 58.0 Å². The molecule has 198 valence electrons. The van der Waals surface area contributed by atoms with Gasteiger partial charge in [-0.05, 0) is 67.9 Å². The fourth-order valence-electron chi connectivity index (χ4n) is 4.00. The fraction of sp³-hybridized carbons (Fsp3) is 0.483. The predicted octanol–water partition coefficient (Wildman–Crippen LogP) is 5.29. The largest absolute Gasteiger partial charge is 0.493 e. The van der Waals surface area contributed by atoms with Gasteiger partial charge < -0.3 is 30.0 Å². The third kappa shape index (κ3) is 7.57. The molecule has 0 aliphatic rings. The van der Waals surface area contributed by atoms with Crippen LogP contribution in [0.1, 0.15) is 52.0 Å². The molecule has 7 nitrogen and oxygen atoms in total. The molecule has 0 heterocycles.